The van der Waals surface area contributed by atoms with Crippen LogP contribution < -0.4 is 15.0 Å². The Bertz CT molecular complexity index is 884. The van der Waals surface area contributed by atoms with Crippen LogP contribution in [0.2, 0.25) is 0 Å². The Kier molecular flexibility index (Phi) is 6.27. The fraction of sp³-hybridized carbons (Fsp3) is 0.565. The van der Waals surface area contributed by atoms with Crippen molar-refractivity contribution in [2.75, 3.05) is 29.9 Å². The first-order chi connectivity index (χ1) is 14.8. The van der Waals surface area contributed by atoms with Gasteiger partial charge in [-0.25, -0.2) is 9.37 Å². The number of ether oxygens (including phenoxy) is 2. The quantitative estimate of drug-likeness (QED) is 0.702. The third kappa shape index (κ3) is 5.61. The molecular weight excluding hydrogens is 402 g/mol. The second-order valence-electron chi connectivity index (χ2n) is 9.01. The van der Waals surface area contributed by atoms with Crippen molar-refractivity contribution in [3.63, 3.8) is 0 Å². The fourth-order valence-corrected chi connectivity index (χ4v) is 4.44. The highest BCUT2D eigenvalue weighted by atomic mass is 19.1. The van der Waals surface area contributed by atoms with Gasteiger partial charge in [-0.3, -0.25) is 0 Å². The largest absolute Gasteiger partial charge is 0.475 e. The Labute approximate surface area is 182 Å². The van der Waals surface area contributed by atoms with E-state index in [2.05, 4.69) is 34.0 Å². The first kappa shape index (κ1) is 21.7. The molecule has 4 rings (SSSR count). The van der Waals surface area contributed by atoms with E-state index in [0.29, 0.717) is 12.8 Å². The lowest BCUT2D eigenvalue weighted by atomic mass is 10.1. The molecule has 1 aliphatic carbocycles. The zero-order valence-corrected chi connectivity index (χ0v) is 18.3. The van der Waals surface area contributed by atoms with Gasteiger partial charge >= 0.3 is 0 Å². The Morgan fingerprint density at radius 3 is 2.58 bits per heavy atom. The minimum Gasteiger partial charge on any atom is -0.475 e. The van der Waals surface area contributed by atoms with Gasteiger partial charge in [0.25, 0.3) is 5.88 Å². The molecule has 1 saturated carbocycles. The number of hydrogen-bond donors (Lipinski definition) is 1. The van der Waals surface area contributed by atoms with Crippen molar-refractivity contribution in [1.29, 1.82) is 0 Å². The van der Waals surface area contributed by atoms with E-state index in [4.69, 9.17) is 9.47 Å². The number of morpholine rings is 1. The number of rotatable bonds is 6. The van der Waals surface area contributed by atoms with Crippen LogP contribution in [0.1, 0.15) is 40.0 Å². The van der Waals surface area contributed by atoms with Crippen LogP contribution >= 0.6 is 0 Å². The van der Waals surface area contributed by atoms with Gasteiger partial charge in [0, 0.05) is 24.5 Å². The van der Waals surface area contributed by atoms with E-state index in [9.17, 15) is 8.78 Å². The van der Waals surface area contributed by atoms with Crippen LogP contribution in [0.4, 0.5) is 26.1 Å². The molecule has 0 amide bonds. The van der Waals surface area contributed by atoms with Crippen LogP contribution in [0.3, 0.4) is 0 Å². The van der Waals surface area contributed by atoms with Gasteiger partial charge in [-0.05, 0) is 70.2 Å². The summed E-state index contributed by atoms with van der Waals surface area (Å²) in [5.41, 5.74) is 0.752. The summed E-state index contributed by atoms with van der Waals surface area (Å²) in [7, 11) is 0. The SMILES string of the molecule is C[C@@H]1CN(c2ccc(Nc3ncc(F)c(OCC4CCC(C)(F)C4)n3)cc2)C[C@H](C)O1. The topological polar surface area (TPSA) is 59.5 Å². The van der Waals surface area contributed by atoms with E-state index in [1.807, 2.05) is 24.3 Å². The Hall–Kier alpha value is -2.48. The molecule has 0 spiro atoms. The normalized spacial score (nSPS) is 28.5. The van der Waals surface area contributed by atoms with E-state index >= 15 is 0 Å². The molecule has 168 valence electrons. The molecule has 0 radical (unpaired) electrons. The number of halogens is 2. The van der Waals surface area contributed by atoms with Gasteiger partial charge in [0.2, 0.25) is 11.8 Å². The van der Waals surface area contributed by atoms with Gasteiger partial charge in [0.05, 0.1) is 25.0 Å². The predicted octanol–water partition coefficient (Wildman–Crippen LogP) is 4.88. The molecule has 1 aromatic carbocycles. The van der Waals surface area contributed by atoms with E-state index in [1.165, 1.54) is 0 Å². The average Bonchev–Trinajstić information content (AvgIpc) is 3.07. The standard InChI is InChI=1S/C23H30F2N4O2/c1-15-12-29(13-16(2)31-15)19-6-4-18(5-7-19)27-22-26-11-20(24)21(28-22)30-14-17-8-9-23(3,25)10-17/h4-7,11,15-17H,8-10,12-14H2,1-3H3,(H,26,27,28)/t15-,16+,17?,23?. The second-order valence-corrected chi connectivity index (χ2v) is 9.01. The first-order valence-corrected chi connectivity index (χ1v) is 10.9. The number of hydrogen-bond acceptors (Lipinski definition) is 6. The van der Waals surface area contributed by atoms with Crippen molar-refractivity contribution in [3.8, 4) is 5.88 Å². The molecule has 2 unspecified atom stereocenters. The zero-order valence-electron chi connectivity index (χ0n) is 18.3. The lowest BCUT2D eigenvalue weighted by Gasteiger charge is -2.36. The van der Waals surface area contributed by atoms with Crippen LogP contribution in [0, 0.1) is 11.7 Å². The van der Waals surface area contributed by atoms with Gasteiger partial charge in [-0.2, -0.15) is 9.37 Å². The van der Waals surface area contributed by atoms with E-state index in [1.54, 1.807) is 6.92 Å². The van der Waals surface area contributed by atoms with Crippen molar-refractivity contribution >= 4 is 17.3 Å². The first-order valence-electron chi connectivity index (χ1n) is 10.9. The predicted molar refractivity (Wildman–Crippen MR) is 116 cm³/mol. The molecule has 1 aromatic heterocycles. The molecule has 2 heterocycles. The summed E-state index contributed by atoms with van der Waals surface area (Å²) in [5.74, 6) is -0.422. The zero-order chi connectivity index (χ0) is 22.0. The summed E-state index contributed by atoms with van der Waals surface area (Å²) < 4.78 is 39.4. The van der Waals surface area contributed by atoms with Crippen molar-refractivity contribution in [2.45, 2.75) is 57.9 Å². The third-order valence-corrected chi connectivity index (χ3v) is 5.86. The van der Waals surface area contributed by atoms with Crippen LogP contribution in [0.15, 0.2) is 30.5 Å². The maximum Gasteiger partial charge on any atom is 0.255 e. The molecule has 1 N–H and O–H groups in total. The minimum absolute atomic E-state index is 0.0685. The monoisotopic (exact) mass is 432 g/mol. The number of alkyl halides is 1. The van der Waals surface area contributed by atoms with Gasteiger partial charge < -0.3 is 19.7 Å². The Balaban J connectivity index is 1.37. The smallest absolute Gasteiger partial charge is 0.255 e. The summed E-state index contributed by atoms with van der Waals surface area (Å²) in [6, 6.07) is 7.94. The van der Waals surface area contributed by atoms with Gasteiger partial charge in [-0.15, -0.1) is 0 Å². The maximum absolute atomic E-state index is 14.1. The fourth-order valence-electron chi connectivity index (χ4n) is 4.44. The van der Waals surface area contributed by atoms with Crippen LogP contribution in [-0.2, 0) is 4.74 Å². The lowest BCUT2D eigenvalue weighted by Crippen LogP contribution is -2.45. The highest BCUT2D eigenvalue weighted by molar-refractivity contribution is 5.59. The summed E-state index contributed by atoms with van der Waals surface area (Å²) in [6.07, 6.45) is 3.14. The number of aromatic nitrogens is 2. The second kappa shape index (κ2) is 8.94. The summed E-state index contributed by atoms with van der Waals surface area (Å²) >= 11 is 0. The number of nitrogens with one attached hydrogen (secondary N) is 1. The van der Waals surface area contributed by atoms with Crippen molar-refractivity contribution in [1.82, 2.24) is 9.97 Å². The molecule has 31 heavy (non-hydrogen) atoms. The van der Waals surface area contributed by atoms with Crippen LogP contribution in [0.5, 0.6) is 5.88 Å². The highest BCUT2D eigenvalue weighted by Crippen LogP contribution is 2.37. The molecule has 2 aliphatic rings. The molecule has 8 heteroatoms. The molecule has 1 aliphatic heterocycles. The Morgan fingerprint density at radius 2 is 1.94 bits per heavy atom. The molecular formula is C23H30F2N4O2. The number of anilines is 3. The third-order valence-electron chi connectivity index (χ3n) is 5.86. The summed E-state index contributed by atoms with van der Waals surface area (Å²) in [4.78, 5) is 10.5. The van der Waals surface area contributed by atoms with Crippen molar-refractivity contribution in [2.24, 2.45) is 5.92 Å². The molecule has 4 atom stereocenters. The van der Waals surface area contributed by atoms with E-state index in [0.717, 1.165) is 37.1 Å². The molecule has 2 aromatic rings. The Morgan fingerprint density at radius 1 is 1.23 bits per heavy atom. The van der Waals surface area contributed by atoms with Gasteiger partial charge in [-0.1, -0.05) is 0 Å². The van der Waals surface area contributed by atoms with Gasteiger partial charge in [0.1, 0.15) is 5.67 Å². The van der Waals surface area contributed by atoms with Crippen molar-refractivity contribution < 1.29 is 18.3 Å². The van der Waals surface area contributed by atoms with Crippen LogP contribution in [0.25, 0.3) is 0 Å². The van der Waals surface area contributed by atoms with Crippen LogP contribution in [-0.4, -0.2) is 47.5 Å². The molecule has 1 saturated heterocycles. The maximum atomic E-state index is 14.1. The number of nitrogens with zero attached hydrogens (tertiary/aromatic N) is 3. The van der Waals surface area contributed by atoms with Crippen molar-refractivity contribution in [3.05, 3.63) is 36.3 Å². The van der Waals surface area contributed by atoms with E-state index < -0.39 is 11.5 Å². The molecule has 0 bridgehead atoms. The van der Waals surface area contributed by atoms with Gasteiger partial charge in [0.15, 0.2) is 0 Å². The summed E-state index contributed by atoms with van der Waals surface area (Å²) in [5, 5.41) is 3.09. The molecule has 6 nitrogen and oxygen atoms in total. The summed E-state index contributed by atoms with van der Waals surface area (Å²) in [6.45, 7) is 7.70. The highest BCUT2D eigenvalue weighted by Gasteiger charge is 2.35. The minimum atomic E-state index is -1.16. The lowest BCUT2D eigenvalue weighted by molar-refractivity contribution is -0.00521. The molecule has 2 fully saturated rings. The van der Waals surface area contributed by atoms with E-state index in [-0.39, 0.29) is 36.6 Å². The average molecular weight is 433 g/mol. The number of benzene rings is 1.